The van der Waals surface area contributed by atoms with E-state index in [4.69, 9.17) is 4.74 Å². The zero-order chi connectivity index (χ0) is 20.2. The predicted molar refractivity (Wildman–Crippen MR) is 108 cm³/mol. The molecule has 0 saturated heterocycles. The molecule has 2 rings (SSSR count). The largest absolute Gasteiger partial charge is 0.444 e. The van der Waals surface area contributed by atoms with Crippen LogP contribution in [0.25, 0.3) is 11.3 Å². The van der Waals surface area contributed by atoms with Gasteiger partial charge in [-0.2, -0.15) is 11.3 Å². The van der Waals surface area contributed by atoms with Gasteiger partial charge in [0.25, 0.3) is 5.91 Å². The number of amides is 2. The standard InChI is InChI=1S/C20H27N3O3S/c1-13-15(7-8-16(22-13)14-9-10-27-11-14)17(24)23-20(5,6)12-21-18(25)26-19(2,3)4/h7-11H,12H2,1-6H3,(H,21,25)(H,23,24). The molecular formula is C20H27N3O3S. The van der Waals surface area contributed by atoms with E-state index in [0.29, 0.717) is 11.3 Å². The Hall–Kier alpha value is -2.41. The van der Waals surface area contributed by atoms with Crippen molar-refractivity contribution in [3.05, 3.63) is 40.2 Å². The van der Waals surface area contributed by atoms with Gasteiger partial charge in [0.1, 0.15) is 5.60 Å². The number of aryl methyl sites for hydroxylation is 1. The van der Waals surface area contributed by atoms with Crippen molar-refractivity contribution in [2.24, 2.45) is 0 Å². The fraction of sp³-hybridized carbons (Fsp3) is 0.450. The van der Waals surface area contributed by atoms with Crippen LogP contribution in [0.1, 0.15) is 50.7 Å². The second kappa shape index (κ2) is 8.08. The summed E-state index contributed by atoms with van der Waals surface area (Å²) in [4.78, 5) is 29.0. The first kappa shape index (κ1) is 20.9. The Balaban J connectivity index is 2.00. The Kier molecular flexibility index (Phi) is 6.26. The summed E-state index contributed by atoms with van der Waals surface area (Å²) in [6.07, 6.45) is -0.511. The summed E-state index contributed by atoms with van der Waals surface area (Å²) in [7, 11) is 0. The van der Waals surface area contributed by atoms with Crippen LogP contribution in [0.5, 0.6) is 0 Å². The van der Waals surface area contributed by atoms with E-state index in [9.17, 15) is 9.59 Å². The van der Waals surface area contributed by atoms with E-state index >= 15 is 0 Å². The van der Waals surface area contributed by atoms with Gasteiger partial charge in [0.05, 0.1) is 22.5 Å². The summed E-state index contributed by atoms with van der Waals surface area (Å²) >= 11 is 1.61. The number of alkyl carbamates (subject to hydrolysis) is 1. The van der Waals surface area contributed by atoms with Crippen LogP contribution in [0.2, 0.25) is 0 Å². The lowest BCUT2D eigenvalue weighted by atomic mass is 10.0. The number of nitrogens with zero attached hydrogens (tertiary/aromatic N) is 1. The van der Waals surface area contributed by atoms with Crippen molar-refractivity contribution in [3.63, 3.8) is 0 Å². The Morgan fingerprint density at radius 3 is 2.41 bits per heavy atom. The number of ether oxygens (including phenoxy) is 1. The minimum atomic E-state index is -0.646. The lowest BCUT2D eigenvalue weighted by molar-refractivity contribution is 0.0509. The second-order valence-electron chi connectivity index (χ2n) is 8.03. The van der Waals surface area contributed by atoms with E-state index in [1.807, 2.05) is 43.7 Å². The molecule has 0 saturated carbocycles. The number of hydrogen-bond acceptors (Lipinski definition) is 5. The van der Waals surface area contributed by atoms with Crippen LogP contribution in [0.15, 0.2) is 29.0 Å². The van der Waals surface area contributed by atoms with Gasteiger partial charge in [-0.3, -0.25) is 9.78 Å². The molecule has 0 radical (unpaired) electrons. The van der Waals surface area contributed by atoms with Crippen LogP contribution < -0.4 is 10.6 Å². The number of hydrogen-bond donors (Lipinski definition) is 2. The van der Waals surface area contributed by atoms with Gasteiger partial charge in [0.2, 0.25) is 0 Å². The first-order chi connectivity index (χ1) is 12.5. The summed E-state index contributed by atoms with van der Waals surface area (Å²) in [6, 6.07) is 5.62. The average molecular weight is 390 g/mol. The maximum absolute atomic E-state index is 12.7. The number of pyridine rings is 1. The molecule has 0 aliphatic carbocycles. The molecule has 0 bridgehead atoms. The maximum atomic E-state index is 12.7. The third kappa shape index (κ3) is 6.36. The molecular weight excluding hydrogens is 362 g/mol. The molecule has 2 aromatic heterocycles. The highest BCUT2D eigenvalue weighted by Gasteiger charge is 2.25. The Labute approximate surface area is 164 Å². The smallest absolute Gasteiger partial charge is 0.407 e. The molecule has 0 unspecified atom stereocenters. The lowest BCUT2D eigenvalue weighted by Crippen LogP contribution is -2.52. The van der Waals surface area contributed by atoms with Crippen LogP contribution in [-0.2, 0) is 4.74 Å². The van der Waals surface area contributed by atoms with Crippen LogP contribution in [-0.4, -0.2) is 34.7 Å². The molecule has 0 aromatic carbocycles. The molecule has 2 N–H and O–H groups in total. The summed E-state index contributed by atoms with van der Waals surface area (Å²) < 4.78 is 5.22. The molecule has 0 aliphatic rings. The molecule has 0 spiro atoms. The van der Waals surface area contributed by atoms with Gasteiger partial charge in [0, 0.05) is 17.5 Å². The highest BCUT2D eigenvalue weighted by molar-refractivity contribution is 7.08. The summed E-state index contributed by atoms with van der Waals surface area (Å²) in [5.41, 5.74) is 1.84. The fourth-order valence-electron chi connectivity index (χ4n) is 2.40. The van der Waals surface area contributed by atoms with Gasteiger partial charge in [-0.25, -0.2) is 4.79 Å². The van der Waals surface area contributed by atoms with Crippen molar-refractivity contribution in [1.29, 1.82) is 0 Å². The first-order valence-corrected chi connectivity index (χ1v) is 9.71. The maximum Gasteiger partial charge on any atom is 0.407 e. The topological polar surface area (TPSA) is 80.3 Å². The van der Waals surface area contributed by atoms with Crippen molar-refractivity contribution in [2.45, 2.75) is 52.7 Å². The highest BCUT2D eigenvalue weighted by atomic mass is 32.1. The molecule has 0 fully saturated rings. The van der Waals surface area contributed by atoms with Crippen LogP contribution in [0.3, 0.4) is 0 Å². The van der Waals surface area contributed by atoms with Crippen LogP contribution in [0.4, 0.5) is 4.79 Å². The van der Waals surface area contributed by atoms with Crippen LogP contribution >= 0.6 is 11.3 Å². The van der Waals surface area contributed by atoms with Gasteiger partial charge >= 0.3 is 6.09 Å². The summed E-state index contributed by atoms with van der Waals surface area (Å²) in [6.45, 7) is 11.1. The van der Waals surface area contributed by atoms with Crippen molar-refractivity contribution >= 4 is 23.3 Å². The van der Waals surface area contributed by atoms with E-state index in [1.165, 1.54) is 0 Å². The third-order valence-electron chi connectivity index (χ3n) is 3.67. The molecule has 6 nitrogen and oxygen atoms in total. The van der Waals surface area contributed by atoms with Crippen molar-refractivity contribution in [2.75, 3.05) is 6.54 Å². The first-order valence-electron chi connectivity index (χ1n) is 8.76. The predicted octanol–water partition coefficient (Wildman–Crippen LogP) is 4.15. The van der Waals surface area contributed by atoms with Crippen molar-refractivity contribution in [1.82, 2.24) is 15.6 Å². The van der Waals surface area contributed by atoms with Crippen LogP contribution in [0, 0.1) is 6.92 Å². The van der Waals surface area contributed by atoms with E-state index < -0.39 is 17.2 Å². The Bertz CT molecular complexity index is 808. The number of carbonyl (C=O) groups is 2. The van der Waals surface area contributed by atoms with Gasteiger partial charge in [-0.05, 0) is 65.1 Å². The fourth-order valence-corrected chi connectivity index (χ4v) is 3.05. The summed E-state index contributed by atoms with van der Waals surface area (Å²) in [5, 5.41) is 9.64. The van der Waals surface area contributed by atoms with E-state index in [1.54, 1.807) is 38.2 Å². The minimum absolute atomic E-state index is 0.229. The summed E-state index contributed by atoms with van der Waals surface area (Å²) in [5.74, 6) is -0.229. The zero-order valence-corrected chi connectivity index (χ0v) is 17.5. The number of rotatable bonds is 5. The van der Waals surface area contributed by atoms with Gasteiger partial charge < -0.3 is 15.4 Å². The molecule has 0 aliphatic heterocycles. The SMILES string of the molecule is Cc1nc(-c2ccsc2)ccc1C(=O)NC(C)(C)CNC(=O)OC(C)(C)C. The number of aromatic nitrogens is 1. The van der Waals surface area contributed by atoms with E-state index in [-0.39, 0.29) is 12.5 Å². The minimum Gasteiger partial charge on any atom is -0.444 e. The quantitative estimate of drug-likeness (QED) is 0.805. The third-order valence-corrected chi connectivity index (χ3v) is 4.36. The molecule has 0 atom stereocenters. The van der Waals surface area contributed by atoms with Gasteiger partial charge in [-0.1, -0.05) is 0 Å². The number of carbonyl (C=O) groups excluding carboxylic acids is 2. The van der Waals surface area contributed by atoms with Crippen molar-refractivity contribution in [3.8, 4) is 11.3 Å². The highest BCUT2D eigenvalue weighted by Crippen LogP contribution is 2.21. The molecule has 2 heterocycles. The number of nitrogens with one attached hydrogen (secondary N) is 2. The second-order valence-corrected chi connectivity index (χ2v) is 8.81. The molecule has 7 heteroatoms. The molecule has 2 amide bonds. The van der Waals surface area contributed by atoms with Crippen molar-refractivity contribution < 1.29 is 14.3 Å². The zero-order valence-electron chi connectivity index (χ0n) is 16.7. The normalized spacial score (nSPS) is 11.8. The van der Waals surface area contributed by atoms with Gasteiger partial charge in [-0.15, -0.1) is 0 Å². The average Bonchev–Trinajstić information content (AvgIpc) is 3.05. The molecule has 146 valence electrons. The lowest BCUT2D eigenvalue weighted by Gasteiger charge is -2.28. The van der Waals surface area contributed by atoms with E-state index in [2.05, 4.69) is 15.6 Å². The van der Waals surface area contributed by atoms with Gasteiger partial charge in [0.15, 0.2) is 0 Å². The van der Waals surface area contributed by atoms with E-state index in [0.717, 1.165) is 11.3 Å². The monoisotopic (exact) mass is 389 g/mol. The molecule has 27 heavy (non-hydrogen) atoms. The Morgan fingerprint density at radius 2 is 1.85 bits per heavy atom. The molecule has 2 aromatic rings. The number of thiophene rings is 1. The Morgan fingerprint density at radius 1 is 1.15 bits per heavy atom.